The summed E-state index contributed by atoms with van der Waals surface area (Å²) in [5.74, 6) is -0.360. The number of carbonyl (C=O) groups excluding carboxylic acids is 1. The van der Waals surface area contributed by atoms with Crippen LogP contribution in [0.4, 0.5) is 0 Å². The number of aromatic nitrogens is 2. The predicted octanol–water partition coefficient (Wildman–Crippen LogP) is 2.12. The summed E-state index contributed by atoms with van der Waals surface area (Å²) in [4.78, 5) is 37.5. The molecular weight excluding hydrogens is 443 g/mol. The van der Waals surface area contributed by atoms with Crippen molar-refractivity contribution in [2.45, 2.75) is 77.6 Å². The Morgan fingerprint density at radius 2 is 2.00 bits per heavy atom. The van der Waals surface area contributed by atoms with E-state index in [-0.39, 0.29) is 31.0 Å². The molecule has 2 aliphatic heterocycles. The summed E-state index contributed by atoms with van der Waals surface area (Å²) in [7, 11) is -3.84. The zero-order valence-corrected chi connectivity index (χ0v) is 19.6. The second-order valence-electron chi connectivity index (χ2n) is 9.48. The minimum atomic E-state index is -3.84. The lowest BCUT2D eigenvalue weighted by atomic mass is 9.83. The molecule has 178 valence electrons. The van der Waals surface area contributed by atoms with Gasteiger partial charge in [-0.2, -0.15) is 0 Å². The molecule has 1 spiro atoms. The van der Waals surface area contributed by atoms with Gasteiger partial charge in [-0.1, -0.05) is 20.8 Å². The van der Waals surface area contributed by atoms with Crippen LogP contribution in [0.15, 0.2) is 21.9 Å². The van der Waals surface area contributed by atoms with Crippen LogP contribution >= 0.6 is 7.82 Å². The van der Waals surface area contributed by atoms with Crippen LogP contribution in [0.3, 0.4) is 0 Å². The first-order valence-electron chi connectivity index (χ1n) is 10.7. The highest BCUT2D eigenvalue weighted by Crippen LogP contribution is 2.79. The Morgan fingerprint density at radius 3 is 2.66 bits per heavy atom. The van der Waals surface area contributed by atoms with Crippen molar-refractivity contribution in [3.8, 4) is 0 Å². The van der Waals surface area contributed by atoms with Gasteiger partial charge in [0.05, 0.1) is 12.7 Å². The van der Waals surface area contributed by atoms with Crippen LogP contribution < -0.4 is 11.2 Å². The Kier molecular flexibility index (Phi) is 5.78. The van der Waals surface area contributed by atoms with Gasteiger partial charge in [-0.15, -0.1) is 0 Å². The summed E-state index contributed by atoms with van der Waals surface area (Å²) in [5.41, 5.74) is -2.93. The van der Waals surface area contributed by atoms with E-state index in [1.165, 1.54) is 16.8 Å². The van der Waals surface area contributed by atoms with Crippen molar-refractivity contribution in [1.29, 1.82) is 0 Å². The van der Waals surface area contributed by atoms with Crippen molar-refractivity contribution in [2.24, 2.45) is 11.3 Å². The zero-order valence-electron chi connectivity index (χ0n) is 18.7. The van der Waals surface area contributed by atoms with Crippen LogP contribution in [0, 0.1) is 11.3 Å². The number of hydrogen-bond donors (Lipinski definition) is 1. The molecule has 1 aliphatic carbocycles. The quantitative estimate of drug-likeness (QED) is 0.446. The van der Waals surface area contributed by atoms with E-state index in [9.17, 15) is 18.9 Å². The van der Waals surface area contributed by atoms with Gasteiger partial charge in [0.2, 0.25) is 0 Å². The van der Waals surface area contributed by atoms with E-state index in [1.807, 2.05) is 20.8 Å². The molecule has 2 saturated heterocycles. The number of aromatic amines is 1. The van der Waals surface area contributed by atoms with E-state index in [2.05, 4.69) is 4.98 Å². The monoisotopic (exact) mass is 472 g/mol. The van der Waals surface area contributed by atoms with E-state index in [4.69, 9.17) is 23.0 Å². The summed E-state index contributed by atoms with van der Waals surface area (Å²) in [6.45, 7) is 9.19. The smallest absolute Gasteiger partial charge is 0.463 e. The maximum absolute atomic E-state index is 13.1. The average molecular weight is 472 g/mol. The summed E-state index contributed by atoms with van der Waals surface area (Å²) in [5, 5.41) is 0. The highest BCUT2D eigenvalue weighted by molar-refractivity contribution is 7.48. The van der Waals surface area contributed by atoms with Crippen LogP contribution in [-0.2, 0) is 32.4 Å². The third kappa shape index (κ3) is 3.80. The molecule has 3 fully saturated rings. The number of H-pyrrole nitrogens is 1. The molecule has 11 nitrogen and oxygen atoms in total. The van der Waals surface area contributed by atoms with E-state index in [0.29, 0.717) is 6.42 Å². The third-order valence-corrected chi connectivity index (χ3v) is 7.72. The number of hydrogen-bond acceptors (Lipinski definition) is 9. The molecule has 1 aromatic rings. The number of esters is 1. The second kappa shape index (κ2) is 7.92. The molecule has 6 atom stereocenters. The predicted molar refractivity (Wildman–Crippen MR) is 111 cm³/mol. The molecule has 32 heavy (non-hydrogen) atoms. The maximum atomic E-state index is 13.1. The Balaban J connectivity index is 1.38. The Hall–Kier alpha value is -1.78. The lowest BCUT2D eigenvalue weighted by Gasteiger charge is -2.33. The van der Waals surface area contributed by atoms with Gasteiger partial charge < -0.3 is 9.47 Å². The highest BCUT2D eigenvalue weighted by Gasteiger charge is 2.89. The van der Waals surface area contributed by atoms with E-state index in [0.717, 1.165) is 0 Å². The Bertz CT molecular complexity index is 1060. The Morgan fingerprint density at radius 1 is 1.28 bits per heavy atom. The molecule has 1 saturated carbocycles. The molecule has 0 amide bonds. The second-order valence-corrected chi connectivity index (χ2v) is 11.0. The zero-order chi connectivity index (χ0) is 23.5. The molecule has 1 N–H and O–H groups in total. The molecular formula is C20H29N2O9P. The van der Waals surface area contributed by atoms with E-state index < -0.39 is 48.5 Å². The normalized spacial score (nSPS) is 35.4. The minimum Gasteiger partial charge on any atom is -0.463 e. The number of nitrogens with zero attached hydrogens (tertiary/aromatic N) is 1. The van der Waals surface area contributed by atoms with E-state index >= 15 is 0 Å². The lowest BCUT2D eigenvalue weighted by Crippen LogP contribution is -2.43. The van der Waals surface area contributed by atoms with Crippen molar-refractivity contribution in [2.75, 3.05) is 6.61 Å². The topological polar surface area (TPSA) is 135 Å². The van der Waals surface area contributed by atoms with Gasteiger partial charge in [0.1, 0.15) is 24.0 Å². The fourth-order valence-corrected chi connectivity index (χ4v) is 6.44. The number of nitrogens with one attached hydrogen (secondary N) is 1. The molecule has 2 unspecified atom stereocenters. The summed E-state index contributed by atoms with van der Waals surface area (Å²) >= 11 is 0. The minimum absolute atomic E-state index is 0.0710. The Labute approximate surface area is 185 Å². The summed E-state index contributed by atoms with van der Waals surface area (Å²) in [6.07, 6.45) is 0.117. The van der Waals surface area contributed by atoms with Gasteiger partial charge in [-0.3, -0.25) is 32.7 Å². The summed E-state index contributed by atoms with van der Waals surface area (Å²) in [6, 6.07) is 1.23. The van der Waals surface area contributed by atoms with Gasteiger partial charge >= 0.3 is 19.5 Å². The van der Waals surface area contributed by atoms with Gasteiger partial charge in [0.15, 0.2) is 0 Å². The largest absolute Gasteiger partial charge is 0.476 e. The number of rotatable bonds is 8. The number of phosphoric ester groups is 1. The van der Waals surface area contributed by atoms with Crippen LogP contribution in [0.5, 0.6) is 0 Å². The van der Waals surface area contributed by atoms with Crippen LogP contribution in [0.25, 0.3) is 0 Å². The van der Waals surface area contributed by atoms with E-state index in [1.54, 1.807) is 13.8 Å². The molecule has 3 aliphatic rings. The van der Waals surface area contributed by atoms with Gasteiger partial charge in [0, 0.05) is 24.1 Å². The fourth-order valence-electron chi connectivity index (χ4n) is 4.48. The lowest BCUT2D eigenvalue weighted by molar-refractivity contribution is -0.147. The average Bonchev–Trinajstić information content (AvgIpc) is 3.01. The van der Waals surface area contributed by atoms with Crippen molar-refractivity contribution in [1.82, 2.24) is 9.55 Å². The van der Waals surface area contributed by atoms with Crippen molar-refractivity contribution in [3.05, 3.63) is 33.1 Å². The van der Waals surface area contributed by atoms with Crippen LogP contribution in [0.1, 0.15) is 53.7 Å². The molecule has 1 aromatic heterocycles. The first-order chi connectivity index (χ1) is 14.9. The molecule has 3 heterocycles. The number of phosphoric acid groups is 1. The number of carbonyl (C=O) groups is 1. The standard InChI is InChI=1S/C20H29N2O9P/c1-11(2)28-14(24)7-6-12(3)10-27-32(26)30-16-15-20(16,31-32)19(4,5)17(29-15)22-9-8-13(23)21-18(22)25/h8-9,11-12,15-17H,6-7,10H2,1-5H3,(H,21,23,25)/t12?,15-,16?,17-,20+,32-/m1/s1. The molecule has 0 radical (unpaired) electrons. The summed E-state index contributed by atoms with van der Waals surface area (Å²) < 4.78 is 42.5. The van der Waals surface area contributed by atoms with Crippen LogP contribution in [-0.4, -0.2) is 46.0 Å². The van der Waals surface area contributed by atoms with Crippen molar-refractivity contribution >= 4 is 13.8 Å². The maximum Gasteiger partial charge on any atom is 0.476 e. The first kappa shape index (κ1) is 23.4. The third-order valence-electron chi connectivity index (χ3n) is 6.25. The fraction of sp³-hybridized carbons (Fsp3) is 0.750. The van der Waals surface area contributed by atoms with Gasteiger partial charge in [0.25, 0.3) is 5.56 Å². The van der Waals surface area contributed by atoms with Crippen molar-refractivity contribution < 1.29 is 32.4 Å². The number of fused-ring (bicyclic) bond motifs is 1. The SMILES string of the molecule is CC(CCC(=O)OC(C)C)CO[P@]1(=O)OC2[C@H]3O[C@@H](n4ccc(=O)[nH]c4=O)C(C)(C)[C@@]23O1. The molecule has 4 rings (SSSR count). The number of ether oxygens (including phenoxy) is 2. The van der Waals surface area contributed by atoms with Gasteiger partial charge in [-0.05, 0) is 26.2 Å². The van der Waals surface area contributed by atoms with Crippen molar-refractivity contribution in [3.63, 3.8) is 0 Å². The molecule has 0 bridgehead atoms. The van der Waals surface area contributed by atoms with Crippen LogP contribution in [0.2, 0.25) is 0 Å². The first-order valence-corrected chi connectivity index (χ1v) is 12.2. The molecule has 12 heteroatoms. The van der Waals surface area contributed by atoms with Gasteiger partial charge in [-0.25, -0.2) is 9.36 Å². The highest BCUT2D eigenvalue weighted by atomic mass is 31.2. The molecule has 0 aromatic carbocycles.